The molecule has 2 aliphatic heterocycles. The first-order valence-electron chi connectivity index (χ1n) is 9.01. The lowest BCUT2D eigenvalue weighted by molar-refractivity contribution is 0.396. The molecular weight excluding hydrogens is 298 g/mol. The summed E-state index contributed by atoms with van der Waals surface area (Å²) in [5.41, 5.74) is 2.58. The number of pyridine rings is 1. The van der Waals surface area contributed by atoms with E-state index in [1.165, 1.54) is 43.4 Å². The summed E-state index contributed by atoms with van der Waals surface area (Å²) in [5, 5.41) is 3.65. The van der Waals surface area contributed by atoms with Crippen LogP contribution in [0.5, 0.6) is 5.88 Å². The monoisotopic (exact) mass is 323 g/mol. The zero-order valence-electron chi connectivity index (χ0n) is 14.2. The normalized spacial score (nSPS) is 26.8. The maximum atomic E-state index is 5.22. The molecule has 0 radical (unpaired) electrons. The second kappa shape index (κ2) is 6.80. The van der Waals surface area contributed by atoms with Crippen molar-refractivity contribution in [2.75, 3.05) is 7.11 Å². The average molecular weight is 323 g/mol. The van der Waals surface area contributed by atoms with Crippen molar-refractivity contribution in [2.24, 2.45) is 16.8 Å². The van der Waals surface area contributed by atoms with Gasteiger partial charge in [0.25, 0.3) is 0 Å². The van der Waals surface area contributed by atoms with Crippen molar-refractivity contribution in [3.63, 3.8) is 0 Å². The van der Waals surface area contributed by atoms with E-state index in [0.29, 0.717) is 17.7 Å². The molecule has 0 spiro atoms. The number of hydrogen-bond acceptors (Lipinski definition) is 4. The number of methoxy groups -OCH3 is 1. The van der Waals surface area contributed by atoms with E-state index >= 15 is 0 Å². The number of aromatic nitrogens is 1. The predicted octanol–water partition coefficient (Wildman–Crippen LogP) is 3.82. The van der Waals surface area contributed by atoms with Gasteiger partial charge in [-0.05, 0) is 24.0 Å². The van der Waals surface area contributed by atoms with Crippen LogP contribution in [0.25, 0.3) is 0 Å². The van der Waals surface area contributed by atoms with Crippen molar-refractivity contribution in [3.05, 3.63) is 47.8 Å². The number of fused-ring (bicyclic) bond motifs is 1. The zero-order valence-corrected chi connectivity index (χ0v) is 14.2. The highest BCUT2D eigenvalue weighted by molar-refractivity contribution is 5.72. The topological polar surface area (TPSA) is 46.5 Å². The fraction of sp³-hybridized carbons (Fsp3) is 0.500. The van der Waals surface area contributed by atoms with Gasteiger partial charge in [0.2, 0.25) is 5.88 Å². The van der Waals surface area contributed by atoms with Gasteiger partial charge in [0, 0.05) is 36.0 Å². The molecule has 1 fully saturated rings. The van der Waals surface area contributed by atoms with Gasteiger partial charge in [0.05, 0.1) is 7.11 Å². The second-order valence-electron chi connectivity index (χ2n) is 7.04. The van der Waals surface area contributed by atoms with Crippen LogP contribution in [0.15, 0.2) is 47.2 Å². The highest BCUT2D eigenvalue weighted by Gasteiger charge is 2.32. The Bertz CT molecular complexity index is 656. The molecule has 24 heavy (non-hydrogen) atoms. The van der Waals surface area contributed by atoms with E-state index in [1.807, 2.05) is 24.6 Å². The lowest BCUT2D eigenvalue weighted by Crippen LogP contribution is -2.29. The predicted molar refractivity (Wildman–Crippen MR) is 96.2 cm³/mol. The molecule has 3 heterocycles. The van der Waals surface area contributed by atoms with Gasteiger partial charge in [-0.1, -0.05) is 43.9 Å². The maximum absolute atomic E-state index is 5.22. The van der Waals surface area contributed by atoms with Gasteiger partial charge in [-0.25, -0.2) is 4.98 Å². The summed E-state index contributed by atoms with van der Waals surface area (Å²) in [7, 11) is 1.66. The van der Waals surface area contributed by atoms with Crippen molar-refractivity contribution >= 4 is 6.21 Å². The number of allylic oxidation sites excluding steroid dienone is 2. The quantitative estimate of drug-likeness (QED) is 0.896. The highest BCUT2D eigenvalue weighted by atomic mass is 16.5. The molecule has 0 amide bonds. The van der Waals surface area contributed by atoms with Crippen molar-refractivity contribution in [1.82, 2.24) is 10.3 Å². The van der Waals surface area contributed by atoms with Crippen LogP contribution in [0.3, 0.4) is 0 Å². The fourth-order valence-corrected chi connectivity index (χ4v) is 4.19. The summed E-state index contributed by atoms with van der Waals surface area (Å²) in [6, 6.07) is 4.13. The molecule has 0 saturated heterocycles. The number of rotatable bonds is 5. The van der Waals surface area contributed by atoms with Gasteiger partial charge in [-0.3, -0.25) is 4.99 Å². The lowest BCUT2D eigenvalue weighted by atomic mass is 9.86. The lowest BCUT2D eigenvalue weighted by Gasteiger charge is -2.24. The van der Waals surface area contributed by atoms with Gasteiger partial charge in [-0.2, -0.15) is 0 Å². The van der Waals surface area contributed by atoms with Crippen molar-refractivity contribution in [1.29, 1.82) is 0 Å². The Morgan fingerprint density at radius 1 is 1.29 bits per heavy atom. The second-order valence-corrected chi connectivity index (χ2v) is 7.04. The molecule has 4 nitrogen and oxygen atoms in total. The van der Waals surface area contributed by atoms with E-state index in [9.17, 15) is 0 Å². The number of dihydropyridines is 1. The highest BCUT2D eigenvalue weighted by Crippen LogP contribution is 2.39. The zero-order chi connectivity index (χ0) is 16.4. The van der Waals surface area contributed by atoms with E-state index in [-0.39, 0.29) is 6.17 Å². The minimum Gasteiger partial charge on any atom is -0.481 e. The molecule has 1 aliphatic carbocycles. The first-order chi connectivity index (χ1) is 11.8. The summed E-state index contributed by atoms with van der Waals surface area (Å²) in [5.74, 6) is 2.25. The van der Waals surface area contributed by atoms with Crippen LogP contribution in [0.1, 0.15) is 43.6 Å². The summed E-state index contributed by atoms with van der Waals surface area (Å²) < 4.78 is 5.22. The van der Waals surface area contributed by atoms with Crippen LogP contribution in [-0.4, -0.2) is 24.5 Å². The van der Waals surface area contributed by atoms with Gasteiger partial charge in [0.1, 0.15) is 6.17 Å². The Hall–Kier alpha value is -2.10. The molecule has 3 unspecified atom stereocenters. The first kappa shape index (κ1) is 15.4. The summed E-state index contributed by atoms with van der Waals surface area (Å²) in [6.45, 7) is 0. The van der Waals surface area contributed by atoms with E-state index in [1.54, 1.807) is 7.11 Å². The standard InChI is InChI=1S/C20H25N3O/c1-24-19-9-8-16(13-22-19)17(11-14-5-2-3-6-14)18-12-15-7-4-10-21-20(15)23-18/h4,7-10,12-15,17,20,23H,2-3,5-6,11H2,1H3. The number of nitrogens with one attached hydrogen (secondary N) is 1. The number of nitrogens with zero attached hydrogens (tertiary/aromatic N) is 2. The van der Waals surface area contributed by atoms with Crippen molar-refractivity contribution in [2.45, 2.75) is 44.2 Å². The maximum Gasteiger partial charge on any atom is 0.212 e. The van der Waals surface area contributed by atoms with Gasteiger partial charge < -0.3 is 10.1 Å². The molecule has 4 heteroatoms. The Labute approximate surface area is 143 Å². The summed E-state index contributed by atoms with van der Waals surface area (Å²) in [6.07, 6.45) is 17.3. The Morgan fingerprint density at radius 3 is 2.88 bits per heavy atom. The van der Waals surface area contributed by atoms with Gasteiger partial charge >= 0.3 is 0 Å². The molecule has 4 rings (SSSR count). The minimum atomic E-state index is 0.169. The molecule has 1 aromatic heterocycles. The van der Waals surface area contributed by atoms with Crippen LogP contribution in [0.4, 0.5) is 0 Å². The van der Waals surface area contributed by atoms with Gasteiger partial charge in [0.15, 0.2) is 0 Å². The van der Waals surface area contributed by atoms with Crippen LogP contribution >= 0.6 is 0 Å². The average Bonchev–Trinajstić information content (AvgIpc) is 3.29. The molecule has 1 saturated carbocycles. The summed E-state index contributed by atoms with van der Waals surface area (Å²) in [4.78, 5) is 9.00. The van der Waals surface area contributed by atoms with E-state index < -0.39 is 0 Å². The van der Waals surface area contributed by atoms with Gasteiger partial charge in [-0.15, -0.1) is 0 Å². The smallest absolute Gasteiger partial charge is 0.212 e. The van der Waals surface area contributed by atoms with Crippen molar-refractivity contribution in [3.8, 4) is 5.88 Å². The van der Waals surface area contributed by atoms with Crippen LogP contribution in [-0.2, 0) is 0 Å². The van der Waals surface area contributed by atoms with Crippen LogP contribution in [0.2, 0.25) is 0 Å². The summed E-state index contributed by atoms with van der Waals surface area (Å²) >= 11 is 0. The molecule has 0 bridgehead atoms. The fourth-order valence-electron chi connectivity index (χ4n) is 4.19. The van der Waals surface area contributed by atoms with E-state index in [0.717, 1.165) is 5.92 Å². The number of aliphatic imine (C=N–C) groups is 1. The van der Waals surface area contributed by atoms with E-state index in [4.69, 9.17) is 4.74 Å². The van der Waals surface area contributed by atoms with Crippen molar-refractivity contribution < 1.29 is 4.74 Å². The SMILES string of the molecule is COc1ccc(C(CC2CCCC2)C2=CC3C=CC=NC3N2)cn1. The third-order valence-electron chi connectivity index (χ3n) is 5.51. The largest absolute Gasteiger partial charge is 0.481 e. The minimum absolute atomic E-state index is 0.169. The molecule has 3 atom stereocenters. The molecule has 1 N–H and O–H groups in total. The Morgan fingerprint density at radius 2 is 2.17 bits per heavy atom. The Balaban J connectivity index is 1.59. The third kappa shape index (κ3) is 3.10. The molecule has 0 aromatic carbocycles. The molecule has 1 aromatic rings. The molecule has 126 valence electrons. The Kier molecular flexibility index (Phi) is 4.37. The third-order valence-corrected chi connectivity index (χ3v) is 5.51. The number of hydrogen-bond donors (Lipinski definition) is 1. The van der Waals surface area contributed by atoms with Crippen LogP contribution < -0.4 is 10.1 Å². The first-order valence-corrected chi connectivity index (χ1v) is 9.01. The van der Waals surface area contributed by atoms with Crippen LogP contribution in [0, 0.1) is 11.8 Å². The molecular formula is C20H25N3O. The van der Waals surface area contributed by atoms with E-state index in [2.05, 4.69) is 33.5 Å². The molecule has 3 aliphatic rings. The number of ether oxygens (including phenoxy) is 1.